The second-order valence-corrected chi connectivity index (χ2v) is 2.77. The van der Waals surface area contributed by atoms with Gasteiger partial charge in [-0.25, -0.2) is 0 Å². The molecule has 0 amide bonds. The Kier molecular flexibility index (Phi) is 3.10. The molecule has 0 bridgehead atoms. The molecule has 0 aliphatic carbocycles. The third-order valence-corrected chi connectivity index (χ3v) is 2.04. The molecule has 0 atom stereocenters. The van der Waals surface area contributed by atoms with E-state index >= 15 is 0 Å². The Balaban J connectivity index is 2.56. The lowest BCUT2D eigenvalue weighted by molar-refractivity contribution is 0.296. The van der Waals surface area contributed by atoms with Crippen molar-refractivity contribution in [1.82, 2.24) is 15.1 Å². The highest BCUT2D eigenvalue weighted by Gasteiger charge is 2.04. The van der Waals surface area contributed by atoms with Crippen LogP contribution in [0, 0.1) is 0 Å². The van der Waals surface area contributed by atoms with Crippen LogP contribution in [0.2, 0.25) is 0 Å². The number of hydrogen-bond acceptors (Lipinski definition) is 3. The van der Waals surface area contributed by atoms with Crippen molar-refractivity contribution in [3.63, 3.8) is 0 Å². The van der Waals surface area contributed by atoms with Crippen LogP contribution in [0.3, 0.4) is 0 Å². The van der Waals surface area contributed by atoms with Crippen LogP contribution >= 0.6 is 0 Å². The second-order valence-electron chi connectivity index (χ2n) is 2.77. The summed E-state index contributed by atoms with van der Waals surface area (Å²) in [5.41, 5.74) is 6.74. The Morgan fingerprint density at radius 2 is 2.17 bits per heavy atom. The van der Waals surface area contributed by atoms with Crippen LogP contribution in [0.25, 0.3) is 0 Å². The van der Waals surface area contributed by atoms with Crippen LogP contribution < -0.4 is 5.73 Å². The van der Waals surface area contributed by atoms with Crippen molar-refractivity contribution in [2.24, 2.45) is 0 Å². The van der Waals surface area contributed by atoms with Crippen LogP contribution in [0.1, 0.15) is 19.4 Å². The van der Waals surface area contributed by atoms with Crippen molar-refractivity contribution < 1.29 is 0 Å². The Hall–Kier alpha value is -1.03. The number of H-pyrrole nitrogens is 1. The standard InChI is InChI=1S/C8H16N4/c1-3-12(4-2)6-7-5-10-11-8(7)9/h5H,3-4,6H2,1-2H3,(H3,9,10,11). The number of nitrogens with two attached hydrogens (primary N) is 1. The number of nitrogen functional groups attached to an aromatic ring is 1. The van der Waals surface area contributed by atoms with E-state index < -0.39 is 0 Å². The highest BCUT2D eigenvalue weighted by molar-refractivity contribution is 5.36. The Morgan fingerprint density at radius 1 is 1.50 bits per heavy atom. The van der Waals surface area contributed by atoms with E-state index in [1.54, 1.807) is 6.20 Å². The molecule has 0 radical (unpaired) electrons. The monoisotopic (exact) mass is 168 g/mol. The summed E-state index contributed by atoms with van der Waals surface area (Å²) in [7, 11) is 0. The first-order chi connectivity index (χ1) is 5.77. The second kappa shape index (κ2) is 4.11. The normalized spacial score (nSPS) is 10.9. The number of hydrogen-bond donors (Lipinski definition) is 2. The number of aromatic amines is 1. The molecule has 0 spiro atoms. The van der Waals surface area contributed by atoms with Gasteiger partial charge in [-0.15, -0.1) is 0 Å². The van der Waals surface area contributed by atoms with E-state index in [0.29, 0.717) is 5.82 Å². The van der Waals surface area contributed by atoms with Crippen LogP contribution in [-0.4, -0.2) is 28.2 Å². The average molecular weight is 168 g/mol. The largest absolute Gasteiger partial charge is 0.384 e. The lowest BCUT2D eigenvalue weighted by Crippen LogP contribution is -2.22. The van der Waals surface area contributed by atoms with E-state index in [0.717, 1.165) is 25.2 Å². The van der Waals surface area contributed by atoms with Crippen molar-refractivity contribution in [3.05, 3.63) is 11.8 Å². The molecular weight excluding hydrogens is 152 g/mol. The molecule has 4 nitrogen and oxygen atoms in total. The minimum atomic E-state index is 0.682. The minimum Gasteiger partial charge on any atom is -0.384 e. The number of aromatic nitrogens is 2. The fraction of sp³-hybridized carbons (Fsp3) is 0.625. The van der Waals surface area contributed by atoms with Crippen LogP contribution in [0.15, 0.2) is 6.20 Å². The lowest BCUT2D eigenvalue weighted by atomic mass is 10.3. The molecule has 0 aliphatic heterocycles. The SMILES string of the molecule is CCN(CC)Cc1cn[nH]c1N. The van der Waals surface area contributed by atoms with Gasteiger partial charge in [-0.05, 0) is 13.1 Å². The van der Waals surface area contributed by atoms with Gasteiger partial charge < -0.3 is 5.73 Å². The summed E-state index contributed by atoms with van der Waals surface area (Å²) < 4.78 is 0. The zero-order valence-corrected chi connectivity index (χ0v) is 7.67. The molecular formula is C8H16N4. The first-order valence-corrected chi connectivity index (χ1v) is 4.28. The van der Waals surface area contributed by atoms with Gasteiger partial charge >= 0.3 is 0 Å². The van der Waals surface area contributed by atoms with Crippen molar-refractivity contribution in [3.8, 4) is 0 Å². The van der Waals surface area contributed by atoms with E-state index in [9.17, 15) is 0 Å². The Morgan fingerprint density at radius 3 is 2.58 bits per heavy atom. The highest BCUT2D eigenvalue weighted by Crippen LogP contribution is 2.08. The fourth-order valence-corrected chi connectivity index (χ4v) is 1.14. The van der Waals surface area contributed by atoms with Crippen molar-refractivity contribution in [1.29, 1.82) is 0 Å². The van der Waals surface area contributed by atoms with Gasteiger partial charge in [0.05, 0.1) is 6.20 Å². The Labute approximate surface area is 72.8 Å². The first kappa shape index (κ1) is 9.06. The number of rotatable bonds is 4. The van der Waals surface area contributed by atoms with Gasteiger partial charge in [-0.2, -0.15) is 5.10 Å². The molecule has 0 saturated carbocycles. The average Bonchev–Trinajstić information content (AvgIpc) is 2.47. The summed E-state index contributed by atoms with van der Waals surface area (Å²) in [6, 6.07) is 0. The first-order valence-electron chi connectivity index (χ1n) is 4.28. The van der Waals surface area contributed by atoms with Crippen molar-refractivity contribution in [2.75, 3.05) is 18.8 Å². The van der Waals surface area contributed by atoms with Crippen molar-refractivity contribution >= 4 is 5.82 Å². The molecule has 12 heavy (non-hydrogen) atoms. The maximum absolute atomic E-state index is 5.65. The zero-order chi connectivity index (χ0) is 8.97. The quantitative estimate of drug-likeness (QED) is 0.700. The molecule has 1 aromatic heterocycles. The molecule has 0 saturated heterocycles. The smallest absolute Gasteiger partial charge is 0.123 e. The van der Waals surface area contributed by atoms with E-state index in [1.165, 1.54) is 0 Å². The summed E-state index contributed by atoms with van der Waals surface area (Å²) >= 11 is 0. The topological polar surface area (TPSA) is 57.9 Å². The van der Waals surface area contributed by atoms with E-state index in [4.69, 9.17) is 5.73 Å². The van der Waals surface area contributed by atoms with Gasteiger partial charge in [-0.3, -0.25) is 10.00 Å². The van der Waals surface area contributed by atoms with Gasteiger partial charge in [0, 0.05) is 12.1 Å². The molecule has 68 valence electrons. The zero-order valence-electron chi connectivity index (χ0n) is 7.67. The number of nitrogens with one attached hydrogen (secondary N) is 1. The predicted molar refractivity (Wildman–Crippen MR) is 49.6 cm³/mol. The molecule has 3 N–H and O–H groups in total. The maximum atomic E-state index is 5.65. The molecule has 1 rings (SSSR count). The van der Waals surface area contributed by atoms with Crippen LogP contribution in [-0.2, 0) is 6.54 Å². The van der Waals surface area contributed by atoms with Gasteiger partial charge in [0.15, 0.2) is 0 Å². The molecule has 1 aromatic rings. The summed E-state index contributed by atoms with van der Waals surface area (Å²) in [4.78, 5) is 2.29. The number of nitrogens with zero attached hydrogens (tertiary/aromatic N) is 2. The highest BCUT2D eigenvalue weighted by atomic mass is 15.2. The van der Waals surface area contributed by atoms with Crippen LogP contribution in [0.5, 0.6) is 0 Å². The van der Waals surface area contributed by atoms with Gasteiger partial charge in [0.2, 0.25) is 0 Å². The third-order valence-electron chi connectivity index (χ3n) is 2.04. The molecule has 0 fully saturated rings. The summed E-state index contributed by atoms with van der Waals surface area (Å²) in [6.07, 6.45) is 1.79. The minimum absolute atomic E-state index is 0.682. The van der Waals surface area contributed by atoms with E-state index in [1.807, 2.05) is 0 Å². The van der Waals surface area contributed by atoms with E-state index in [-0.39, 0.29) is 0 Å². The Bertz CT molecular complexity index is 227. The predicted octanol–water partition coefficient (Wildman–Crippen LogP) is 0.834. The molecule has 4 heteroatoms. The third kappa shape index (κ3) is 1.98. The molecule has 0 aromatic carbocycles. The summed E-state index contributed by atoms with van der Waals surface area (Å²) in [5.74, 6) is 0.682. The van der Waals surface area contributed by atoms with Gasteiger partial charge in [0.1, 0.15) is 5.82 Å². The summed E-state index contributed by atoms with van der Waals surface area (Å²) in [6.45, 7) is 7.25. The van der Waals surface area contributed by atoms with Crippen molar-refractivity contribution in [2.45, 2.75) is 20.4 Å². The maximum Gasteiger partial charge on any atom is 0.123 e. The fourth-order valence-electron chi connectivity index (χ4n) is 1.14. The molecule has 1 heterocycles. The van der Waals surface area contributed by atoms with Gasteiger partial charge in [-0.1, -0.05) is 13.8 Å². The van der Waals surface area contributed by atoms with Crippen LogP contribution in [0.4, 0.5) is 5.82 Å². The molecule has 0 aliphatic rings. The summed E-state index contributed by atoms with van der Waals surface area (Å²) in [5, 5.41) is 6.59. The number of anilines is 1. The molecule has 0 unspecified atom stereocenters. The lowest BCUT2D eigenvalue weighted by Gasteiger charge is -2.16. The van der Waals surface area contributed by atoms with E-state index in [2.05, 4.69) is 28.9 Å². The van der Waals surface area contributed by atoms with Gasteiger partial charge in [0.25, 0.3) is 0 Å².